The van der Waals surface area contributed by atoms with Crippen molar-refractivity contribution in [1.29, 1.82) is 0 Å². The highest BCUT2D eigenvalue weighted by Crippen LogP contribution is 2.59. The summed E-state index contributed by atoms with van der Waals surface area (Å²) in [6.07, 6.45) is 6.34. The maximum Gasteiger partial charge on any atom is 0.139 e. The summed E-state index contributed by atoms with van der Waals surface area (Å²) >= 11 is 0. The van der Waals surface area contributed by atoms with Gasteiger partial charge < -0.3 is 5.11 Å². The van der Waals surface area contributed by atoms with E-state index in [9.17, 15) is 9.90 Å². The molecule has 0 aliphatic heterocycles. The molecule has 4 rings (SSSR count). The van der Waals surface area contributed by atoms with E-state index in [0.717, 1.165) is 32.1 Å². The van der Waals surface area contributed by atoms with Gasteiger partial charge in [0.25, 0.3) is 0 Å². The molecule has 21 heavy (non-hydrogen) atoms. The predicted octanol–water partition coefficient (Wildman–Crippen LogP) is 3.88. The minimum atomic E-state index is -0.0322. The van der Waals surface area contributed by atoms with Gasteiger partial charge in [0.05, 0.1) is 0 Å². The highest BCUT2D eigenvalue weighted by Gasteiger charge is 2.54. The molecule has 2 nitrogen and oxygen atoms in total. The zero-order chi connectivity index (χ0) is 13.9. The summed E-state index contributed by atoms with van der Waals surface area (Å²) in [6.45, 7) is 2.22. The van der Waals surface area contributed by atoms with E-state index in [4.69, 9.17) is 0 Å². The van der Waals surface area contributed by atoms with Crippen LogP contribution >= 0.6 is 9.90 Å². The number of aromatic hydroxyl groups is 1. The maximum atomic E-state index is 12.3. The third-order valence-electron chi connectivity index (χ3n) is 6.42. The highest BCUT2D eigenvalue weighted by atomic mass is 31.0. The molecule has 3 aliphatic rings. The first kappa shape index (κ1) is 15.0. The minimum absolute atomic E-state index is 0. The van der Waals surface area contributed by atoms with Crippen LogP contribution in [0.15, 0.2) is 18.2 Å². The van der Waals surface area contributed by atoms with E-state index < -0.39 is 0 Å². The molecule has 1 aromatic carbocycles. The second-order valence-corrected chi connectivity index (χ2v) is 7.22. The van der Waals surface area contributed by atoms with E-state index in [1.54, 1.807) is 0 Å². The van der Waals surface area contributed by atoms with Crippen molar-refractivity contribution in [2.45, 2.75) is 51.4 Å². The van der Waals surface area contributed by atoms with Gasteiger partial charge in [0, 0.05) is 11.8 Å². The molecule has 3 heteroatoms. The summed E-state index contributed by atoms with van der Waals surface area (Å²) in [4.78, 5) is 12.3. The van der Waals surface area contributed by atoms with E-state index in [1.165, 1.54) is 17.5 Å². The number of fused-ring (bicyclic) bond motifs is 5. The molecule has 0 bridgehead atoms. The summed E-state index contributed by atoms with van der Waals surface area (Å²) in [7, 11) is 0. The van der Waals surface area contributed by atoms with Gasteiger partial charge in [0.15, 0.2) is 0 Å². The van der Waals surface area contributed by atoms with Crippen LogP contribution in [0.3, 0.4) is 0 Å². The third-order valence-corrected chi connectivity index (χ3v) is 6.42. The fraction of sp³-hybridized carbons (Fsp3) is 0.611. The number of benzene rings is 1. The van der Waals surface area contributed by atoms with Crippen LogP contribution in [0.2, 0.25) is 0 Å². The molecule has 1 aromatic rings. The molecule has 0 amide bonds. The van der Waals surface area contributed by atoms with Crippen LogP contribution in [0, 0.1) is 17.3 Å². The number of phenolic OH excluding ortho intramolecular Hbond substituents is 1. The fourth-order valence-electron chi connectivity index (χ4n) is 5.34. The number of carbonyl (C=O) groups is 1. The predicted molar refractivity (Wildman–Crippen MR) is 88.8 cm³/mol. The monoisotopic (exact) mass is 304 g/mol. The topological polar surface area (TPSA) is 37.3 Å². The summed E-state index contributed by atoms with van der Waals surface area (Å²) in [6, 6.07) is 5.90. The average Bonchev–Trinajstić information content (AvgIpc) is 2.74. The Kier molecular flexibility index (Phi) is 3.64. The van der Waals surface area contributed by atoms with Crippen molar-refractivity contribution in [3.63, 3.8) is 0 Å². The van der Waals surface area contributed by atoms with Crippen molar-refractivity contribution in [2.75, 3.05) is 0 Å². The van der Waals surface area contributed by atoms with Crippen molar-refractivity contribution in [3.8, 4) is 5.75 Å². The molecule has 0 heterocycles. The van der Waals surface area contributed by atoms with E-state index in [1.807, 2.05) is 12.1 Å². The number of rotatable bonds is 0. The van der Waals surface area contributed by atoms with Crippen LogP contribution in [-0.2, 0) is 11.2 Å². The first-order chi connectivity index (χ1) is 9.59. The molecule has 3 unspecified atom stereocenters. The van der Waals surface area contributed by atoms with Crippen LogP contribution in [0.4, 0.5) is 0 Å². The van der Waals surface area contributed by atoms with Gasteiger partial charge in [0.1, 0.15) is 11.5 Å². The molecule has 2 fully saturated rings. The second-order valence-electron chi connectivity index (χ2n) is 7.22. The van der Waals surface area contributed by atoms with Gasteiger partial charge >= 0.3 is 0 Å². The van der Waals surface area contributed by atoms with Gasteiger partial charge in [-0.2, -0.15) is 9.90 Å². The van der Waals surface area contributed by atoms with Gasteiger partial charge in [-0.05, 0) is 73.1 Å². The van der Waals surface area contributed by atoms with Crippen LogP contribution in [-0.4, -0.2) is 10.9 Å². The van der Waals surface area contributed by atoms with Crippen LogP contribution in [0.1, 0.15) is 56.1 Å². The largest absolute Gasteiger partial charge is 0.508 e. The van der Waals surface area contributed by atoms with Gasteiger partial charge in [0.2, 0.25) is 0 Å². The van der Waals surface area contributed by atoms with E-state index >= 15 is 0 Å². The van der Waals surface area contributed by atoms with E-state index in [0.29, 0.717) is 29.3 Å². The molecular formula is C18H25O2P. The molecule has 2 saturated carbocycles. The molecule has 0 radical (unpaired) electrons. The van der Waals surface area contributed by atoms with Crippen molar-refractivity contribution < 1.29 is 9.90 Å². The van der Waals surface area contributed by atoms with E-state index in [2.05, 4.69) is 13.0 Å². The Morgan fingerprint density at radius 1 is 1.19 bits per heavy atom. The standard InChI is InChI=1S/C18H22O2.H3P/c1-18-9-8-14-13-5-3-12(19)10-11(13)2-4-15(14)16(18)6-7-17(18)20;/h3,5,10,14-16,19H,2,4,6-9H2,1H3;1H3/t14-,15?,16?,18+;/m1./s1. The van der Waals surface area contributed by atoms with Gasteiger partial charge in [-0.3, -0.25) is 4.79 Å². The number of hydrogen-bond donors (Lipinski definition) is 1. The fourth-order valence-corrected chi connectivity index (χ4v) is 5.34. The Balaban J connectivity index is 0.00000132. The third kappa shape index (κ3) is 2.06. The Morgan fingerprint density at radius 2 is 2.00 bits per heavy atom. The SMILES string of the molecule is C[C@]12CC[C@@H]3c4ccc(O)cc4CCC3C1CCC2=O.P. The maximum absolute atomic E-state index is 12.3. The van der Waals surface area contributed by atoms with Gasteiger partial charge in [-0.15, -0.1) is 0 Å². The van der Waals surface area contributed by atoms with Crippen molar-refractivity contribution in [2.24, 2.45) is 17.3 Å². The molecule has 0 saturated heterocycles. The molecule has 1 N–H and O–H groups in total. The number of phenols is 1. The summed E-state index contributed by atoms with van der Waals surface area (Å²) in [5, 5.41) is 9.67. The Morgan fingerprint density at radius 3 is 2.81 bits per heavy atom. The minimum Gasteiger partial charge on any atom is -0.508 e. The lowest BCUT2D eigenvalue weighted by Crippen LogP contribution is -2.42. The Labute approximate surface area is 129 Å². The Bertz CT molecular complexity index is 583. The Hall–Kier alpha value is -0.880. The van der Waals surface area contributed by atoms with Crippen molar-refractivity contribution in [1.82, 2.24) is 0 Å². The normalized spacial score (nSPS) is 37.2. The first-order valence-electron chi connectivity index (χ1n) is 7.95. The van der Waals surface area contributed by atoms with Crippen LogP contribution in [0.5, 0.6) is 5.75 Å². The number of aryl methyl sites for hydroxylation is 1. The lowest BCUT2D eigenvalue weighted by atomic mass is 9.55. The highest BCUT2D eigenvalue weighted by molar-refractivity contribution is 6.92. The van der Waals surface area contributed by atoms with Crippen LogP contribution < -0.4 is 0 Å². The summed E-state index contributed by atoms with van der Waals surface area (Å²) < 4.78 is 0. The molecule has 114 valence electrons. The molecule has 3 aliphatic carbocycles. The average molecular weight is 304 g/mol. The molecule has 0 spiro atoms. The lowest BCUT2D eigenvalue weighted by molar-refractivity contribution is -0.129. The van der Waals surface area contributed by atoms with Gasteiger partial charge in [-0.25, -0.2) is 0 Å². The van der Waals surface area contributed by atoms with E-state index in [-0.39, 0.29) is 15.3 Å². The first-order valence-corrected chi connectivity index (χ1v) is 7.95. The summed E-state index contributed by atoms with van der Waals surface area (Å²) in [5.74, 6) is 2.78. The molecule has 5 atom stereocenters. The number of carbonyl (C=O) groups excluding carboxylic acids is 1. The second kappa shape index (κ2) is 5.09. The van der Waals surface area contributed by atoms with Crippen molar-refractivity contribution in [3.05, 3.63) is 29.3 Å². The smallest absolute Gasteiger partial charge is 0.139 e. The zero-order valence-electron chi connectivity index (χ0n) is 12.8. The lowest BCUT2D eigenvalue weighted by Gasteiger charge is -2.48. The number of ketones is 1. The number of hydrogen-bond acceptors (Lipinski definition) is 2. The van der Waals surface area contributed by atoms with Crippen molar-refractivity contribution >= 4 is 15.7 Å². The van der Waals surface area contributed by atoms with Gasteiger partial charge in [-0.1, -0.05) is 13.0 Å². The molecule has 0 aromatic heterocycles. The van der Waals surface area contributed by atoms with Crippen LogP contribution in [0.25, 0.3) is 0 Å². The summed E-state index contributed by atoms with van der Waals surface area (Å²) in [5.41, 5.74) is 2.75. The molecular weight excluding hydrogens is 279 g/mol. The quantitative estimate of drug-likeness (QED) is 0.739. The zero-order valence-corrected chi connectivity index (χ0v) is 14.2. The number of Topliss-reactive ketones (excluding diaryl/α,β-unsaturated/α-hetero) is 1.